The molecular formula is C21H24Cl3N3OS2. The second-order valence-corrected chi connectivity index (χ2v) is 9.86. The molecule has 0 spiro atoms. The molecule has 0 atom stereocenters. The van der Waals surface area contributed by atoms with E-state index >= 15 is 0 Å². The Kier molecular flexibility index (Phi) is 10.2. The van der Waals surface area contributed by atoms with E-state index in [1.807, 2.05) is 56.6 Å². The summed E-state index contributed by atoms with van der Waals surface area (Å²) in [7, 11) is 4.00. The molecule has 3 rings (SSSR count). The molecule has 0 fully saturated rings. The van der Waals surface area contributed by atoms with Gasteiger partial charge in [0.2, 0.25) is 5.91 Å². The molecule has 0 aliphatic carbocycles. The number of likely N-dealkylation sites (N-methyl/N-ethyl adjacent to an activating group) is 1. The van der Waals surface area contributed by atoms with Crippen LogP contribution in [0, 0.1) is 0 Å². The zero-order chi connectivity index (χ0) is 20.8. The van der Waals surface area contributed by atoms with Gasteiger partial charge in [0.05, 0.1) is 9.72 Å². The maximum absolute atomic E-state index is 13.0. The van der Waals surface area contributed by atoms with Crippen LogP contribution in [0.3, 0.4) is 0 Å². The minimum atomic E-state index is 0. The molecule has 0 aliphatic heterocycles. The van der Waals surface area contributed by atoms with E-state index in [-0.39, 0.29) is 18.3 Å². The van der Waals surface area contributed by atoms with E-state index in [1.54, 1.807) is 16.7 Å². The fraction of sp³-hybridized carbons (Fsp3) is 0.333. The molecule has 4 nitrogen and oxygen atoms in total. The molecule has 9 heteroatoms. The smallest absolute Gasteiger partial charge is 0.228 e. The lowest BCUT2D eigenvalue weighted by Crippen LogP contribution is -2.36. The summed E-state index contributed by atoms with van der Waals surface area (Å²) < 4.78 is 0.994. The first-order chi connectivity index (χ1) is 13.9. The highest BCUT2D eigenvalue weighted by Gasteiger charge is 2.20. The summed E-state index contributed by atoms with van der Waals surface area (Å²) in [6, 6.07) is 13.5. The van der Waals surface area contributed by atoms with Crippen molar-refractivity contribution in [2.24, 2.45) is 0 Å². The zero-order valence-electron chi connectivity index (χ0n) is 16.8. The SMILES string of the molecule is CN(C)CCN(C(=O)CCCSc1ccc(Cl)cc1)c1nc2c(Cl)cccc2s1.Cl. The van der Waals surface area contributed by atoms with Crippen molar-refractivity contribution in [3.8, 4) is 0 Å². The minimum Gasteiger partial charge on any atom is -0.308 e. The number of aromatic nitrogens is 1. The highest BCUT2D eigenvalue weighted by Crippen LogP contribution is 2.33. The van der Waals surface area contributed by atoms with Gasteiger partial charge in [-0.25, -0.2) is 4.98 Å². The molecule has 1 aromatic heterocycles. The van der Waals surface area contributed by atoms with Crippen LogP contribution in [0.15, 0.2) is 47.4 Å². The van der Waals surface area contributed by atoms with Crippen LogP contribution >= 0.6 is 58.7 Å². The number of rotatable bonds is 9. The van der Waals surface area contributed by atoms with Crippen LogP contribution in [-0.4, -0.2) is 48.7 Å². The number of benzene rings is 2. The maximum Gasteiger partial charge on any atom is 0.228 e. The van der Waals surface area contributed by atoms with E-state index in [4.69, 9.17) is 23.2 Å². The van der Waals surface area contributed by atoms with E-state index in [2.05, 4.69) is 9.88 Å². The first-order valence-corrected chi connectivity index (χ1v) is 11.9. The molecule has 0 unspecified atom stereocenters. The lowest BCUT2D eigenvalue weighted by Gasteiger charge is -2.22. The van der Waals surface area contributed by atoms with Gasteiger partial charge in [0.15, 0.2) is 5.13 Å². The van der Waals surface area contributed by atoms with Crippen molar-refractivity contribution in [1.29, 1.82) is 0 Å². The molecule has 1 heterocycles. The molecule has 0 N–H and O–H groups in total. The lowest BCUT2D eigenvalue weighted by molar-refractivity contribution is -0.118. The average molecular weight is 505 g/mol. The number of hydrogen-bond acceptors (Lipinski definition) is 5. The van der Waals surface area contributed by atoms with E-state index in [0.717, 1.165) is 38.9 Å². The Morgan fingerprint density at radius 2 is 1.83 bits per heavy atom. The van der Waals surface area contributed by atoms with Gasteiger partial charge in [-0.3, -0.25) is 9.69 Å². The Labute approximate surface area is 202 Å². The Balaban J connectivity index is 0.00000320. The summed E-state index contributed by atoms with van der Waals surface area (Å²) in [4.78, 5) is 22.7. The van der Waals surface area contributed by atoms with Gasteiger partial charge in [-0.2, -0.15) is 0 Å². The number of halogens is 3. The number of amides is 1. The molecule has 0 saturated carbocycles. The molecule has 3 aromatic rings. The third kappa shape index (κ3) is 7.01. The number of thiazole rings is 1. The van der Waals surface area contributed by atoms with Crippen molar-refractivity contribution >= 4 is 80.0 Å². The van der Waals surface area contributed by atoms with Crippen molar-refractivity contribution in [2.75, 3.05) is 37.8 Å². The normalized spacial score (nSPS) is 11.0. The Morgan fingerprint density at radius 3 is 2.50 bits per heavy atom. The summed E-state index contributed by atoms with van der Waals surface area (Å²) in [6.07, 6.45) is 1.29. The highest BCUT2D eigenvalue weighted by molar-refractivity contribution is 7.99. The number of para-hydroxylation sites is 1. The third-order valence-corrected chi connectivity index (χ3v) is 6.98. The van der Waals surface area contributed by atoms with Gasteiger partial charge in [0.25, 0.3) is 0 Å². The van der Waals surface area contributed by atoms with Gasteiger partial charge in [0.1, 0.15) is 5.52 Å². The summed E-state index contributed by atoms with van der Waals surface area (Å²) in [5, 5.41) is 2.06. The molecule has 1 amide bonds. The van der Waals surface area contributed by atoms with Crippen LogP contribution < -0.4 is 4.90 Å². The second kappa shape index (κ2) is 12.1. The molecule has 30 heavy (non-hydrogen) atoms. The number of thioether (sulfide) groups is 1. The van der Waals surface area contributed by atoms with Crippen molar-refractivity contribution in [3.63, 3.8) is 0 Å². The largest absolute Gasteiger partial charge is 0.308 e. The predicted octanol–water partition coefficient (Wildman–Crippen LogP) is 6.49. The molecular weight excluding hydrogens is 481 g/mol. The van der Waals surface area contributed by atoms with Crippen LogP contribution in [0.2, 0.25) is 10.0 Å². The minimum absolute atomic E-state index is 0. The van der Waals surface area contributed by atoms with E-state index < -0.39 is 0 Å². The topological polar surface area (TPSA) is 36.4 Å². The lowest BCUT2D eigenvalue weighted by atomic mass is 10.3. The van der Waals surface area contributed by atoms with Crippen LogP contribution in [0.25, 0.3) is 10.2 Å². The summed E-state index contributed by atoms with van der Waals surface area (Å²) in [5.41, 5.74) is 0.759. The zero-order valence-corrected chi connectivity index (χ0v) is 20.8. The summed E-state index contributed by atoms with van der Waals surface area (Å²) in [6.45, 7) is 1.38. The van der Waals surface area contributed by atoms with Gasteiger partial charge in [-0.05, 0) is 62.7 Å². The Bertz CT molecular complexity index is 964. The maximum atomic E-state index is 13.0. The van der Waals surface area contributed by atoms with Crippen LogP contribution in [0.4, 0.5) is 5.13 Å². The van der Waals surface area contributed by atoms with Gasteiger partial charge in [0, 0.05) is 29.4 Å². The van der Waals surface area contributed by atoms with Crippen LogP contribution in [-0.2, 0) is 4.79 Å². The Hall–Kier alpha value is -1.02. The van der Waals surface area contributed by atoms with Crippen molar-refractivity contribution in [3.05, 3.63) is 52.5 Å². The Morgan fingerprint density at radius 1 is 1.10 bits per heavy atom. The number of fused-ring (bicyclic) bond motifs is 1. The van der Waals surface area contributed by atoms with Crippen molar-refractivity contribution in [1.82, 2.24) is 9.88 Å². The average Bonchev–Trinajstić information content (AvgIpc) is 3.12. The number of nitrogens with zero attached hydrogens (tertiary/aromatic N) is 3. The molecule has 0 saturated heterocycles. The van der Waals surface area contributed by atoms with Gasteiger partial charge in [-0.15, -0.1) is 24.2 Å². The first kappa shape index (κ1) is 25.2. The molecule has 0 aliphatic rings. The van der Waals surface area contributed by atoms with E-state index in [9.17, 15) is 4.79 Å². The van der Waals surface area contributed by atoms with Crippen molar-refractivity contribution in [2.45, 2.75) is 17.7 Å². The van der Waals surface area contributed by atoms with Crippen LogP contribution in [0.1, 0.15) is 12.8 Å². The van der Waals surface area contributed by atoms with Gasteiger partial charge >= 0.3 is 0 Å². The van der Waals surface area contributed by atoms with Gasteiger partial charge < -0.3 is 4.90 Å². The summed E-state index contributed by atoms with van der Waals surface area (Å²) >= 11 is 15.4. The molecule has 162 valence electrons. The number of carbonyl (C=O) groups is 1. The third-order valence-electron chi connectivity index (χ3n) is 4.28. The van der Waals surface area contributed by atoms with Gasteiger partial charge in [-0.1, -0.05) is 40.6 Å². The first-order valence-electron chi connectivity index (χ1n) is 9.32. The fourth-order valence-corrected chi connectivity index (χ4v) is 5.01. The number of anilines is 1. The monoisotopic (exact) mass is 503 g/mol. The molecule has 2 aromatic carbocycles. The number of hydrogen-bond donors (Lipinski definition) is 0. The molecule has 0 radical (unpaired) electrons. The second-order valence-electron chi connectivity index (χ2n) is 6.84. The van der Waals surface area contributed by atoms with E-state index in [1.165, 1.54) is 11.3 Å². The summed E-state index contributed by atoms with van der Waals surface area (Å²) in [5.74, 6) is 0.972. The number of carbonyl (C=O) groups excluding carboxylic acids is 1. The quantitative estimate of drug-likeness (QED) is 0.246. The molecule has 0 bridgehead atoms. The standard InChI is InChI=1S/C21H23Cl2N3OS2.ClH/c1-25(2)12-13-26(21-24-20-17(23)5-3-6-18(20)29-21)19(27)7-4-14-28-16-10-8-15(22)9-11-16;/h3,5-6,8-11H,4,7,12-14H2,1-2H3;1H. The highest BCUT2D eigenvalue weighted by atomic mass is 35.5. The van der Waals surface area contributed by atoms with E-state index in [0.29, 0.717) is 23.1 Å². The predicted molar refractivity (Wildman–Crippen MR) is 134 cm³/mol. The van der Waals surface area contributed by atoms with Crippen molar-refractivity contribution < 1.29 is 4.79 Å². The van der Waals surface area contributed by atoms with Crippen LogP contribution in [0.5, 0.6) is 0 Å². The fourth-order valence-electron chi connectivity index (χ4n) is 2.72.